The molecular weight excluding hydrogens is 442 g/mol. The quantitative estimate of drug-likeness (QED) is 0.389. The largest absolute Gasteiger partial charge is 0.355 e. The molecule has 0 saturated heterocycles. The summed E-state index contributed by atoms with van der Waals surface area (Å²) in [6.07, 6.45) is 1.55. The number of carbonyl (C=O) groups is 1. The minimum Gasteiger partial charge on any atom is -0.355 e. The average molecular weight is 466 g/mol. The fraction of sp³-hybridized carbons (Fsp3) is 0.250. The lowest BCUT2D eigenvalue weighted by Gasteiger charge is -2.10. The van der Waals surface area contributed by atoms with E-state index in [2.05, 4.69) is 32.5 Å². The summed E-state index contributed by atoms with van der Waals surface area (Å²) in [6, 6.07) is 17.9. The first-order valence-electron chi connectivity index (χ1n) is 10.4. The lowest BCUT2D eigenvalue weighted by molar-refractivity contribution is -0.118. The molecule has 164 valence electrons. The smallest absolute Gasteiger partial charge is 0.253 e. The van der Waals surface area contributed by atoms with Gasteiger partial charge in [0.25, 0.3) is 5.78 Å². The summed E-state index contributed by atoms with van der Waals surface area (Å²) in [7, 11) is 0. The van der Waals surface area contributed by atoms with Crippen LogP contribution in [0, 0.1) is 13.8 Å². The number of nitrogens with zero attached hydrogens (tertiary/aromatic N) is 4. The first-order valence-corrected chi connectivity index (χ1v) is 11.8. The highest BCUT2D eigenvalue weighted by Crippen LogP contribution is 2.21. The Kier molecular flexibility index (Phi) is 7.07. The van der Waals surface area contributed by atoms with Gasteiger partial charge in [0.1, 0.15) is 0 Å². The van der Waals surface area contributed by atoms with Crippen LogP contribution >= 0.6 is 23.4 Å². The minimum absolute atomic E-state index is 0.0333. The Morgan fingerprint density at radius 3 is 2.53 bits per heavy atom. The molecule has 0 bridgehead atoms. The second-order valence-corrected chi connectivity index (χ2v) is 8.92. The number of hydrogen-bond donors (Lipinski definition) is 1. The molecule has 0 fully saturated rings. The molecule has 0 spiro atoms. The van der Waals surface area contributed by atoms with Crippen LogP contribution in [0.3, 0.4) is 0 Å². The minimum atomic E-state index is -0.0333. The van der Waals surface area contributed by atoms with Crippen LogP contribution in [0.4, 0.5) is 0 Å². The lowest BCUT2D eigenvalue weighted by atomic mass is 10.0. The topological polar surface area (TPSA) is 72.2 Å². The number of thioether (sulfide) groups is 1. The number of rotatable bonds is 8. The normalized spacial score (nSPS) is 11.1. The monoisotopic (exact) mass is 465 g/mol. The van der Waals surface area contributed by atoms with Gasteiger partial charge in [0.05, 0.1) is 5.75 Å². The maximum Gasteiger partial charge on any atom is 0.253 e. The van der Waals surface area contributed by atoms with Crippen molar-refractivity contribution in [2.45, 2.75) is 31.8 Å². The summed E-state index contributed by atoms with van der Waals surface area (Å²) in [5.41, 5.74) is 5.39. The van der Waals surface area contributed by atoms with Crippen molar-refractivity contribution in [3.05, 3.63) is 87.7 Å². The van der Waals surface area contributed by atoms with E-state index in [0.717, 1.165) is 40.4 Å². The summed E-state index contributed by atoms with van der Waals surface area (Å²) in [5.74, 6) is 0.780. The fourth-order valence-electron chi connectivity index (χ4n) is 3.49. The highest BCUT2D eigenvalue weighted by molar-refractivity contribution is 7.99. The van der Waals surface area contributed by atoms with Gasteiger partial charge in [0.15, 0.2) is 0 Å². The summed E-state index contributed by atoms with van der Waals surface area (Å²) in [4.78, 5) is 21.3. The molecule has 1 amide bonds. The Balaban J connectivity index is 1.39. The highest BCUT2D eigenvalue weighted by Gasteiger charge is 2.15. The van der Waals surface area contributed by atoms with Crippen molar-refractivity contribution < 1.29 is 4.79 Å². The molecule has 4 rings (SSSR count). The van der Waals surface area contributed by atoms with Crippen molar-refractivity contribution >= 4 is 35.0 Å². The number of halogens is 1. The maximum atomic E-state index is 12.2. The molecule has 2 aromatic carbocycles. The third kappa shape index (κ3) is 5.47. The van der Waals surface area contributed by atoms with Gasteiger partial charge in [-0.25, -0.2) is 9.50 Å². The van der Waals surface area contributed by atoms with Gasteiger partial charge in [-0.2, -0.15) is 4.98 Å². The molecule has 0 unspecified atom stereocenters. The van der Waals surface area contributed by atoms with Crippen molar-refractivity contribution in [2.24, 2.45) is 0 Å². The van der Waals surface area contributed by atoms with Crippen molar-refractivity contribution in [1.29, 1.82) is 0 Å². The molecule has 0 aliphatic carbocycles. The molecule has 0 aliphatic heterocycles. The molecule has 0 radical (unpaired) electrons. The van der Waals surface area contributed by atoms with Crippen LogP contribution in [0.5, 0.6) is 0 Å². The van der Waals surface area contributed by atoms with Crippen LogP contribution in [-0.4, -0.2) is 37.8 Å². The second kappa shape index (κ2) is 10.1. The Morgan fingerprint density at radius 2 is 1.78 bits per heavy atom. The predicted molar refractivity (Wildman–Crippen MR) is 128 cm³/mol. The van der Waals surface area contributed by atoms with Crippen molar-refractivity contribution in [3.8, 4) is 0 Å². The number of amides is 1. The van der Waals surface area contributed by atoms with E-state index >= 15 is 0 Å². The first kappa shape index (κ1) is 22.3. The molecule has 32 heavy (non-hydrogen) atoms. The van der Waals surface area contributed by atoms with E-state index < -0.39 is 0 Å². The van der Waals surface area contributed by atoms with Crippen LogP contribution in [0.15, 0.2) is 59.8 Å². The lowest BCUT2D eigenvalue weighted by Crippen LogP contribution is -2.27. The highest BCUT2D eigenvalue weighted by atomic mass is 35.5. The molecule has 4 aromatic rings. The first-order chi connectivity index (χ1) is 15.5. The zero-order valence-electron chi connectivity index (χ0n) is 18.0. The van der Waals surface area contributed by atoms with Crippen LogP contribution in [0.1, 0.15) is 28.1 Å². The van der Waals surface area contributed by atoms with Crippen molar-refractivity contribution in [1.82, 2.24) is 24.9 Å². The number of hydrogen-bond acceptors (Lipinski definition) is 5. The zero-order valence-corrected chi connectivity index (χ0v) is 19.6. The van der Waals surface area contributed by atoms with Gasteiger partial charge in [-0.15, -0.1) is 5.10 Å². The second-order valence-electron chi connectivity index (χ2n) is 7.54. The van der Waals surface area contributed by atoms with Crippen molar-refractivity contribution in [3.63, 3.8) is 0 Å². The Labute approximate surface area is 196 Å². The molecule has 0 atom stereocenters. The molecule has 2 heterocycles. The number of aromatic nitrogens is 4. The third-order valence-electron chi connectivity index (χ3n) is 5.23. The van der Waals surface area contributed by atoms with Crippen LogP contribution < -0.4 is 5.32 Å². The molecular formula is C24H24ClN5OS. The number of aryl methyl sites for hydroxylation is 2. The van der Waals surface area contributed by atoms with Crippen LogP contribution in [0.2, 0.25) is 5.02 Å². The fourth-order valence-corrected chi connectivity index (χ4v) is 4.26. The van der Waals surface area contributed by atoms with Gasteiger partial charge >= 0.3 is 0 Å². The van der Waals surface area contributed by atoms with E-state index in [0.29, 0.717) is 17.5 Å². The molecule has 8 heteroatoms. The summed E-state index contributed by atoms with van der Waals surface area (Å²) < 4.78 is 1.76. The summed E-state index contributed by atoms with van der Waals surface area (Å²) in [5, 5.41) is 8.79. The molecule has 0 aliphatic rings. The van der Waals surface area contributed by atoms with Gasteiger partial charge in [-0.1, -0.05) is 65.8 Å². The maximum absolute atomic E-state index is 12.2. The number of nitrogens with one attached hydrogen (secondary N) is 1. The van der Waals surface area contributed by atoms with Crippen LogP contribution in [-0.2, 0) is 17.6 Å². The zero-order chi connectivity index (χ0) is 22.5. The SMILES string of the molecule is Cc1nc2nc(SCC(=O)NCCc3ccccc3)nn2c(C)c1Cc1ccc(Cl)cc1. The Morgan fingerprint density at radius 1 is 1.03 bits per heavy atom. The van der Waals surface area contributed by atoms with E-state index in [1.165, 1.54) is 17.3 Å². The summed E-state index contributed by atoms with van der Waals surface area (Å²) in [6.45, 7) is 4.61. The summed E-state index contributed by atoms with van der Waals surface area (Å²) >= 11 is 7.32. The van der Waals surface area contributed by atoms with E-state index in [9.17, 15) is 4.79 Å². The Hall–Kier alpha value is -2.90. The number of benzene rings is 2. The predicted octanol–water partition coefficient (Wildman–Crippen LogP) is 4.44. The number of fused-ring (bicyclic) bond motifs is 1. The van der Waals surface area contributed by atoms with E-state index in [1.807, 2.05) is 56.3 Å². The number of carbonyl (C=O) groups excluding carboxylic acids is 1. The van der Waals surface area contributed by atoms with Gasteiger partial charge < -0.3 is 5.32 Å². The van der Waals surface area contributed by atoms with Crippen LogP contribution in [0.25, 0.3) is 5.78 Å². The van der Waals surface area contributed by atoms with E-state index in [1.54, 1.807) is 4.52 Å². The standard InChI is InChI=1S/C24H24ClN5OS/c1-16-21(14-19-8-10-20(25)11-9-19)17(2)30-23(27-16)28-24(29-30)32-15-22(31)26-13-12-18-6-4-3-5-7-18/h3-11H,12-15H2,1-2H3,(H,26,31). The van der Waals surface area contributed by atoms with E-state index in [-0.39, 0.29) is 11.7 Å². The third-order valence-corrected chi connectivity index (χ3v) is 6.32. The molecule has 0 saturated carbocycles. The average Bonchev–Trinajstić information content (AvgIpc) is 3.20. The van der Waals surface area contributed by atoms with Gasteiger partial charge in [-0.3, -0.25) is 4.79 Å². The van der Waals surface area contributed by atoms with Gasteiger partial charge in [0, 0.05) is 29.4 Å². The van der Waals surface area contributed by atoms with Crippen molar-refractivity contribution in [2.75, 3.05) is 12.3 Å². The van der Waals surface area contributed by atoms with E-state index in [4.69, 9.17) is 11.6 Å². The van der Waals surface area contributed by atoms with Gasteiger partial charge in [-0.05, 0) is 49.1 Å². The molecule has 1 N–H and O–H groups in total. The molecule has 6 nitrogen and oxygen atoms in total. The molecule has 2 aromatic heterocycles. The Bertz CT molecular complexity index is 1220. The van der Waals surface area contributed by atoms with Gasteiger partial charge in [0.2, 0.25) is 11.1 Å².